The molecule has 0 spiro atoms. The lowest BCUT2D eigenvalue weighted by molar-refractivity contribution is 0.0377. The van der Waals surface area contributed by atoms with E-state index in [1.807, 2.05) is 55.1 Å². The monoisotopic (exact) mass is 419 g/mol. The molecule has 2 aromatic rings. The number of carbonyl (C=O) groups is 2. The summed E-state index contributed by atoms with van der Waals surface area (Å²) in [5.41, 5.74) is 2.62. The van der Waals surface area contributed by atoms with Crippen LogP contribution >= 0.6 is 0 Å². The van der Waals surface area contributed by atoms with Gasteiger partial charge in [-0.05, 0) is 56.9 Å². The van der Waals surface area contributed by atoms with Crippen LogP contribution in [0.5, 0.6) is 5.75 Å². The first-order valence-electron chi connectivity index (χ1n) is 11.1. The molecule has 2 bridgehead atoms. The Morgan fingerprint density at radius 1 is 1.23 bits per heavy atom. The van der Waals surface area contributed by atoms with Crippen molar-refractivity contribution >= 4 is 17.6 Å². The lowest BCUT2D eigenvalue weighted by atomic mass is 9.89. The first-order valence-corrected chi connectivity index (χ1v) is 11.1. The standard InChI is InChI=1S/C25H29N3O3/c1-16-9-10-22-20(12-16)21-14-25(3,31-22)28(24(30)26-21)19-8-4-7-18(13-19)23(29)27-11-5-6-17(2)15-27/h4,7-10,12-13,17,21H,5-6,11,14-15H2,1-3H3,(H,26,30). The molecule has 0 aromatic heterocycles. The number of ether oxygens (including phenoxy) is 1. The van der Waals surface area contributed by atoms with E-state index in [2.05, 4.69) is 18.3 Å². The van der Waals surface area contributed by atoms with Gasteiger partial charge in [-0.25, -0.2) is 4.79 Å². The second-order valence-corrected chi connectivity index (χ2v) is 9.41. The van der Waals surface area contributed by atoms with Gasteiger partial charge in [-0.3, -0.25) is 9.69 Å². The van der Waals surface area contributed by atoms with Crippen LogP contribution in [-0.4, -0.2) is 35.7 Å². The number of nitrogens with zero attached hydrogens (tertiary/aromatic N) is 2. The van der Waals surface area contributed by atoms with Crippen molar-refractivity contribution in [2.45, 2.75) is 51.8 Å². The third kappa shape index (κ3) is 3.44. The number of piperidine rings is 1. The average Bonchev–Trinajstić information content (AvgIpc) is 2.73. The summed E-state index contributed by atoms with van der Waals surface area (Å²) in [6.45, 7) is 7.74. The minimum Gasteiger partial charge on any atom is -0.467 e. The van der Waals surface area contributed by atoms with Gasteiger partial charge < -0.3 is 15.0 Å². The molecule has 6 nitrogen and oxygen atoms in total. The van der Waals surface area contributed by atoms with Crippen molar-refractivity contribution in [2.24, 2.45) is 5.92 Å². The van der Waals surface area contributed by atoms with Crippen molar-refractivity contribution in [3.05, 3.63) is 59.2 Å². The number of hydrogen-bond donors (Lipinski definition) is 1. The fourth-order valence-corrected chi connectivity index (χ4v) is 5.22. The number of urea groups is 1. The fraction of sp³-hybridized carbons (Fsp3) is 0.440. The Hall–Kier alpha value is -3.02. The van der Waals surface area contributed by atoms with Crippen molar-refractivity contribution in [2.75, 3.05) is 18.0 Å². The van der Waals surface area contributed by atoms with Gasteiger partial charge in [-0.2, -0.15) is 0 Å². The molecule has 31 heavy (non-hydrogen) atoms. The van der Waals surface area contributed by atoms with Crippen molar-refractivity contribution < 1.29 is 14.3 Å². The highest BCUT2D eigenvalue weighted by Gasteiger charge is 2.50. The van der Waals surface area contributed by atoms with Gasteiger partial charge in [0.2, 0.25) is 0 Å². The molecular weight excluding hydrogens is 390 g/mol. The Bertz CT molecular complexity index is 1050. The van der Waals surface area contributed by atoms with Gasteiger partial charge >= 0.3 is 6.03 Å². The largest absolute Gasteiger partial charge is 0.467 e. The van der Waals surface area contributed by atoms with Gasteiger partial charge in [0.15, 0.2) is 5.72 Å². The number of nitrogens with one attached hydrogen (secondary N) is 1. The summed E-state index contributed by atoms with van der Waals surface area (Å²) in [5.74, 6) is 1.34. The molecule has 3 heterocycles. The molecule has 2 fully saturated rings. The summed E-state index contributed by atoms with van der Waals surface area (Å²) in [6.07, 6.45) is 2.83. The van der Waals surface area contributed by atoms with E-state index < -0.39 is 5.72 Å². The highest BCUT2D eigenvalue weighted by molar-refractivity contribution is 5.99. The number of fused-ring (bicyclic) bond motifs is 4. The smallest absolute Gasteiger partial charge is 0.325 e. The van der Waals surface area contributed by atoms with Crippen molar-refractivity contribution in [1.29, 1.82) is 0 Å². The first-order chi connectivity index (χ1) is 14.8. The number of hydrogen-bond acceptors (Lipinski definition) is 3. The number of likely N-dealkylation sites (tertiary alicyclic amines) is 1. The van der Waals surface area contributed by atoms with E-state index in [9.17, 15) is 9.59 Å². The molecule has 2 aromatic carbocycles. The second-order valence-electron chi connectivity index (χ2n) is 9.41. The lowest BCUT2D eigenvalue weighted by Crippen LogP contribution is -2.65. The zero-order valence-electron chi connectivity index (χ0n) is 18.4. The van der Waals surface area contributed by atoms with E-state index in [0.717, 1.165) is 42.8 Å². The molecule has 0 radical (unpaired) electrons. The van der Waals surface area contributed by atoms with E-state index >= 15 is 0 Å². The highest BCUT2D eigenvalue weighted by Crippen LogP contribution is 2.45. The quantitative estimate of drug-likeness (QED) is 0.772. The molecule has 0 saturated carbocycles. The normalized spacial score (nSPS) is 27.3. The molecule has 3 unspecified atom stereocenters. The third-order valence-corrected chi connectivity index (χ3v) is 6.72. The fourth-order valence-electron chi connectivity index (χ4n) is 5.22. The van der Waals surface area contributed by atoms with Gasteiger partial charge in [0.05, 0.1) is 11.7 Å². The van der Waals surface area contributed by atoms with E-state index in [4.69, 9.17) is 4.74 Å². The van der Waals surface area contributed by atoms with Crippen LogP contribution in [0, 0.1) is 12.8 Å². The van der Waals surface area contributed by atoms with Crippen LogP contribution in [0.3, 0.4) is 0 Å². The number of carbonyl (C=O) groups excluding carboxylic acids is 2. The summed E-state index contributed by atoms with van der Waals surface area (Å²) >= 11 is 0. The molecule has 0 aliphatic carbocycles. The molecule has 5 rings (SSSR count). The maximum absolute atomic E-state index is 13.2. The van der Waals surface area contributed by atoms with E-state index in [1.165, 1.54) is 0 Å². The molecule has 3 atom stereocenters. The third-order valence-electron chi connectivity index (χ3n) is 6.72. The molecule has 6 heteroatoms. The SMILES string of the molecule is Cc1ccc2c(c1)C1CC(C)(O2)N(c2cccc(C(=O)N3CCCC(C)C3)c2)C(=O)N1. The predicted molar refractivity (Wildman–Crippen MR) is 119 cm³/mol. The zero-order chi connectivity index (χ0) is 21.8. The Labute approximate surface area is 183 Å². The second kappa shape index (κ2) is 7.29. The predicted octanol–water partition coefficient (Wildman–Crippen LogP) is 4.64. The summed E-state index contributed by atoms with van der Waals surface area (Å²) < 4.78 is 6.38. The number of rotatable bonds is 2. The highest BCUT2D eigenvalue weighted by atomic mass is 16.5. The Morgan fingerprint density at radius 2 is 2.06 bits per heavy atom. The summed E-state index contributed by atoms with van der Waals surface area (Å²) in [5, 5.41) is 3.13. The molecule has 3 aliphatic heterocycles. The number of benzene rings is 2. The van der Waals surface area contributed by atoms with Crippen LogP contribution in [-0.2, 0) is 0 Å². The van der Waals surface area contributed by atoms with Gasteiger partial charge in [0.25, 0.3) is 5.91 Å². The molecule has 3 amide bonds. The van der Waals surface area contributed by atoms with Crippen LogP contribution < -0.4 is 15.0 Å². The topological polar surface area (TPSA) is 61.9 Å². The minimum absolute atomic E-state index is 0.0271. The van der Waals surface area contributed by atoms with E-state index in [1.54, 1.807) is 4.90 Å². The molecule has 162 valence electrons. The molecule has 2 saturated heterocycles. The Kier molecular flexibility index (Phi) is 4.68. The average molecular weight is 420 g/mol. The van der Waals surface area contributed by atoms with Gasteiger partial charge in [-0.1, -0.05) is 30.7 Å². The summed E-state index contributed by atoms with van der Waals surface area (Å²) in [4.78, 5) is 29.9. The lowest BCUT2D eigenvalue weighted by Gasteiger charge is -2.50. The molecule has 1 N–H and O–H groups in total. The van der Waals surface area contributed by atoms with Gasteiger partial charge in [-0.15, -0.1) is 0 Å². The van der Waals surface area contributed by atoms with E-state index in [-0.39, 0.29) is 18.0 Å². The van der Waals surface area contributed by atoms with Crippen LogP contribution in [0.2, 0.25) is 0 Å². The van der Waals surface area contributed by atoms with Crippen molar-refractivity contribution in [1.82, 2.24) is 10.2 Å². The maximum atomic E-state index is 13.2. The van der Waals surface area contributed by atoms with Crippen molar-refractivity contribution in [3.63, 3.8) is 0 Å². The van der Waals surface area contributed by atoms with Crippen LogP contribution in [0.1, 0.15) is 60.6 Å². The number of anilines is 1. The van der Waals surface area contributed by atoms with Gasteiger partial charge in [0.1, 0.15) is 5.75 Å². The van der Waals surface area contributed by atoms with E-state index in [0.29, 0.717) is 23.6 Å². The van der Waals surface area contributed by atoms with Crippen LogP contribution in [0.4, 0.5) is 10.5 Å². The maximum Gasteiger partial charge on any atom is 0.325 e. The van der Waals surface area contributed by atoms with Gasteiger partial charge in [0, 0.05) is 30.6 Å². The minimum atomic E-state index is -0.823. The Balaban J connectivity index is 1.47. The number of amides is 3. The first kappa shape index (κ1) is 19.9. The summed E-state index contributed by atoms with van der Waals surface area (Å²) in [6, 6.07) is 13.1. The van der Waals surface area contributed by atoms with Crippen LogP contribution in [0.25, 0.3) is 0 Å². The Morgan fingerprint density at radius 3 is 2.87 bits per heavy atom. The number of aryl methyl sites for hydroxylation is 1. The zero-order valence-corrected chi connectivity index (χ0v) is 18.4. The van der Waals surface area contributed by atoms with Crippen LogP contribution in [0.15, 0.2) is 42.5 Å². The summed E-state index contributed by atoms with van der Waals surface area (Å²) in [7, 11) is 0. The molecule has 3 aliphatic rings. The van der Waals surface area contributed by atoms with Crippen molar-refractivity contribution in [3.8, 4) is 5.75 Å². The molecular formula is C25H29N3O3.